The van der Waals surface area contributed by atoms with E-state index in [-0.39, 0.29) is 11.7 Å². The van der Waals surface area contributed by atoms with Crippen LogP contribution in [-0.4, -0.2) is 37.0 Å². The van der Waals surface area contributed by atoms with Crippen LogP contribution in [0.3, 0.4) is 0 Å². The molecule has 0 aliphatic carbocycles. The molecule has 0 radical (unpaired) electrons. The number of nitrogens with zero attached hydrogens (tertiary/aromatic N) is 4. The highest BCUT2D eigenvalue weighted by Crippen LogP contribution is 2.26. The lowest BCUT2D eigenvalue weighted by molar-refractivity contribution is -0.113. The summed E-state index contributed by atoms with van der Waals surface area (Å²) in [6.45, 7) is 1.81. The van der Waals surface area contributed by atoms with E-state index < -0.39 is 0 Å². The van der Waals surface area contributed by atoms with Gasteiger partial charge in [-0.1, -0.05) is 53.4 Å². The van der Waals surface area contributed by atoms with Crippen molar-refractivity contribution < 1.29 is 4.79 Å². The first-order valence-electron chi connectivity index (χ1n) is 6.41. The third-order valence-corrected chi connectivity index (χ3v) is 4.34. The molecule has 9 heteroatoms. The van der Waals surface area contributed by atoms with E-state index in [1.165, 1.54) is 23.1 Å². The third kappa shape index (κ3) is 3.68. The Morgan fingerprint density at radius 3 is 2.86 bits per heavy atom. The second kappa shape index (κ2) is 6.67. The first-order valence-corrected chi connectivity index (χ1v) is 8.21. The lowest BCUT2D eigenvalue weighted by Gasteiger charge is -1.98. The van der Waals surface area contributed by atoms with Gasteiger partial charge in [0.15, 0.2) is 0 Å². The Labute approximate surface area is 134 Å². The van der Waals surface area contributed by atoms with Crippen molar-refractivity contribution in [3.63, 3.8) is 0 Å². The minimum Gasteiger partial charge on any atom is -0.300 e. The number of aryl methyl sites for hydroxylation is 1. The van der Waals surface area contributed by atoms with Gasteiger partial charge < -0.3 is 0 Å². The van der Waals surface area contributed by atoms with Crippen molar-refractivity contribution in [2.45, 2.75) is 12.1 Å². The number of thioether (sulfide) groups is 1. The van der Waals surface area contributed by atoms with E-state index in [1.807, 2.05) is 37.3 Å². The Balaban J connectivity index is 1.57. The van der Waals surface area contributed by atoms with Gasteiger partial charge in [0.1, 0.15) is 10.8 Å². The maximum atomic E-state index is 11.9. The summed E-state index contributed by atoms with van der Waals surface area (Å²) >= 11 is 2.60. The van der Waals surface area contributed by atoms with Gasteiger partial charge in [-0.25, -0.2) is 4.98 Å². The molecule has 0 spiro atoms. The molecule has 2 aromatic heterocycles. The van der Waals surface area contributed by atoms with Crippen LogP contribution in [0.4, 0.5) is 5.13 Å². The van der Waals surface area contributed by atoms with Crippen molar-refractivity contribution in [3.05, 3.63) is 36.2 Å². The summed E-state index contributed by atoms with van der Waals surface area (Å²) in [6.07, 6.45) is 0. The van der Waals surface area contributed by atoms with Crippen LogP contribution in [-0.2, 0) is 4.79 Å². The van der Waals surface area contributed by atoms with E-state index in [0.29, 0.717) is 10.3 Å². The van der Waals surface area contributed by atoms with Gasteiger partial charge in [0.05, 0.1) is 5.75 Å². The third-order valence-electron chi connectivity index (χ3n) is 2.60. The molecule has 1 amide bonds. The van der Waals surface area contributed by atoms with Crippen LogP contribution in [0, 0.1) is 6.92 Å². The monoisotopic (exact) mass is 332 g/mol. The van der Waals surface area contributed by atoms with Crippen molar-refractivity contribution in [2.24, 2.45) is 0 Å². The number of nitrogens with one attached hydrogen (secondary N) is 2. The Morgan fingerprint density at radius 1 is 1.32 bits per heavy atom. The molecule has 1 aromatic carbocycles. The van der Waals surface area contributed by atoms with Crippen LogP contribution in [0.5, 0.6) is 0 Å². The van der Waals surface area contributed by atoms with Crippen LogP contribution in [0.15, 0.2) is 35.5 Å². The van der Waals surface area contributed by atoms with Gasteiger partial charge in [0.2, 0.25) is 16.2 Å². The van der Waals surface area contributed by atoms with Gasteiger partial charge in [-0.2, -0.15) is 0 Å². The molecular weight excluding hydrogens is 320 g/mol. The number of H-pyrrole nitrogens is 1. The molecular formula is C13H12N6OS2. The van der Waals surface area contributed by atoms with Crippen molar-refractivity contribution >= 4 is 34.1 Å². The number of aromatic nitrogens is 5. The second-order valence-corrected chi connectivity index (χ2v) is 6.24. The number of hydrogen-bond acceptors (Lipinski definition) is 7. The predicted octanol–water partition coefficient (Wildman–Crippen LogP) is 2.36. The minimum absolute atomic E-state index is 0.164. The molecule has 7 nitrogen and oxygen atoms in total. The average Bonchev–Trinajstić information content (AvgIpc) is 3.15. The van der Waals surface area contributed by atoms with E-state index in [1.54, 1.807) is 0 Å². The first kappa shape index (κ1) is 14.7. The highest BCUT2D eigenvalue weighted by molar-refractivity contribution is 7.99. The number of amides is 1. The molecule has 22 heavy (non-hydrogen) atoms. The molecule has 3 aromatic rings. The fourth-order valence-electron chi connectivity index (χ4n) is 1.64. The van der Waals surface area contributed by atoms with Gasteiger partial charge in [-0.3, -0.25) is 15.2 Å². The molecule has 0 unspecified atom stereocenters. The number of anilines is 1. The van der Waals surface area contributed by atoms with Crippen LogP contribution in [0.1, 0.15) is 5.82 Å². The lowest BCUT2D eigenvalue weighted by atomic mass is 10.2. The molecule has 0 saturated carbocycles. The van der Waals surface area contributed by atoms with Crippen LogP contribution in [0.25, 0.3) is 10.6 Å². The maximum absolute atomic E-state index is 11.9. The first-order chi connectivity index (χ1) is 10.7. The number of carbonyl (C=O) groups is 1. The quantitative estimate of drug-likeness (QED) is 0.696. The minimum atomic E-state index is -0.164. The second-order valence-electron chi connectivity index (χ2n) is 4.32. The molecule has 2 N–H and O–H groups in total. The molecule has 3 rings (SSSR count). The summed E-state index contributed by atoms with van der Waals surface area (Å²) < 4.78 is 0. The van der Waals surface area contributed by atoms with Crippen molar-refractivity contribution in [2.75, 3.05) is 11.1 Å². The number of aromatic amines is 1. The smallest absolute Gasteiger partial charge is 0.236 e. The summed E-state index contributed by atoms with van der Waals surface area (Å²) in [4.78, 5) is 16.0. The molecule has 0 aliphatic rings. The zero-order valence-electron chi connectivity index (χ0n) is 11.6. The summed E-state index contributed by atoms with van der Waals surface area (Å²) in [5.41, 5.74) is 0.978. The van der Waals surface area contributed by atoms with E-state index in [2.05, 4.69) is 30.7 Å². The van der Waals surface area contributed by atoms with Gasteiger partial charge in [-0.15, -0.1) is 15.3 Å². The molecule has 0 aliphatic heterocycles. The van der Waals surface area contributed by atoms with Crippen LogP contribution >= 0.6 is 23.1 Å². The number of hydrogen-bond donors (Lipinski definition) is 2. The van der Waals surface area contributed by atoms with Gasteiger partial charge in [0, 0.05) is 5.56 Å². The highest BCUT2D eigenvalue weighted by Gasteiger charge is 2.11. The zero-order valence-corrected chi connectivity index (χ0v) is 13.2. The normalized spacial score (nSPS) is 10.6. The summed E-state index contributed by atoms with van der Waals surface area (Å²) in [7, 11) is 0. The van der Waals surface area contributed by atoms with E-state index in [4.69, 9.17) is 0 Å². The fourth-order valence-corrected chi connectivity index (χ4v) is 3.05. The maximum Gasteiger partial charge on any atom is 0.236 e. The van der Waals surface area contributed by atoms with E-state index in [9.17, 15) is 4.79 Å². The van der Waals surface area contributed by atoms with E-state index in [0.717, 1.165) is 16.4 Å². The largest absolute Gasteiger partial charge is 0.300 e. The molecule has 0 bridgehead atoms. The fraction of sp³-hybridized carbons (Fsp3) is 0.154. The van der Waals surface area contributed by atoms with Crippen molar-refractivity contribution in [1.29, 1.82) is 0 Å². The number of benzene rings is 1. The van der Waals surface area contributed by atoms with Crippen molar-refractivity contribution in [1.82, 2.24) is 25.4 Å². The standard InChI is InChI=1S/C13H12N6OS2/c1-8-14-12(18-16-8)21-7-10(20)15-13-19-17-11(22-13)9-5-3-2-4-6-9/h2-6H,7H2,1H3,(H,14,16,18)(H,15,19,20). The highest BCUT2D eigenvalue weighted by atomic mass is 32.2. The predicted molar refractivity (Wildman–Crippen MR) is 85.8 cm³/mol. The van der Waals surface area contributed by atoms with E-state index >= 15 is 0 Å². The number of rotatable bonds is 5. The molecule has 0 fully saturated rings. The Bertz CT molecular complexity index is 770. The van der Waals surface area contributed by atoms with Crippen molar-refractivity contribution in [3.8, 4) is 10.6 Å². The number of carbonyl (C=O) groups excluding carboxylic acids is 1. The topological polar surface area (TPSA) is 96.5 Å². The Kier molecular flexibility index (Phi) is 4.45. The Hall–Kier alpha value is -2.26. The van der Waals surface area contributed by atoms with Gasteiger partial charge in [0.25, 0.3) is 0 Å². The molecule has 0 atom stereocenters. The average molecular weight is 332 g/mol. The van der Waals surface area contributed by atoms with Gasteiger partial charge in [-0.05, 0) is 6.92 Å². The van der Waals surface area contributed by atoms with Crippen LogP contribution < -0.4 is 5.32 Å². The summed E-state index contributed by atoms with van der Waals surface area (Å²) in [5.74, 6) is 0.778. The lowest BCUT2D eigenvalue weighted by Crippen LogP contribution is -2.13. The Morgan fingerprint density at radius 2 is 2.14 bits per heavy atom. The molecule has 0 saturated heterocycles. The summed E-state index contributed by atoms with van der Waals surface area (Å²) in [5, 5.41) is 19.3. The molecule has 2 heterocycles. The zero-order chi connectivity index (χ0) is 15.4. The van der Waals surface area contributed by atoms with Crippen LogP contribution in [0.2, 0.25) is 0 Å². The molecule has 112 valence electrons. The SMILES string of the molecule is Cc1nc(SCC(=O)Nc2nnc(-c3ccccc3)s2)n[nH]1. The summed E-state index contributed by atoms with van der Waals surface area (Å²) in [6, 6.07) is 9.71. The van der Waals surface area contributed by atoms with Gasteiger partial charge >= 0.3 is 0 Å².